The third-order valence-corrected chi connectivity index (χ3v) is 6.06. The van der Waals surface area contributed by atoms with Crippen LogP contribution >= 0.6 is 11.3 Å². The van der Waals surface area contributed by atoms with Gasteiger partial charge in [-0.25, -0.2) is 17.9 Å². The number of hydrogen-bond donors (Lipinski definition) is 2. The summed E-state index contributed by atoms with van der Waals surface area (Å²) in [4.78, 5) is 22.8. The molecule has 1 aliphatic rings. The van der Waals surface area contributed by atoms with E-state index in [1.54, 1.807) is 12.3 Å². The van der Waals surface area contributed by atoms with Crippen LogP contribution in [0.1, 0.15) is 28.1 Å². The minimum absolute atomic E-state index is 0.0451. The molecule has 0 saturated carbocycles. The molecular formula is C12H16N2O5S2. The molecule has 2 N–H and O–H groups in total. The van der Waals surface area contributed by atoms with Crippen LogP contribution in [0.15, 0.2) is 10.3 Å². The van der Waals surface area contributed by atoms with E-state index in [2.05, 4.69) is 14.8 Å². The van der Waals surface area contributed by atoms with E-state index in [0.717, 1.165) is 11.3 Å². The Hall–Kier alpha value is -1.45. The summed E-state index contributed by atoms with van der Waals surface area (Å²) in [5.41, 5.74) is 0.493. The van der Waals surface area contributed by atoms with Gasteiger partial charge in [-0.05, 0) is 24.3 Å². The lowest BCUT2D eigenvalue weighted by atomic mass is 10.1. The number of nitrogens with one attached hydrogen (secondary N) is 2. The third kappa shape index (κ3) is 3.42. The average Bonchev–Trinajstić information content (AvgIpc) is 2.83. The lowest BCUT2D eigenvalue weighted by Crippen LogP contribution is -2.47. The van der Waals surface area contributed by atoms with Gasteiger partial charge in [0, 0.05) is 19.0 Å². The van der Waals surface area contributed by atoms with Crippen LogP contribution in [0.5, 0.6) is 0 Å². The van der Waals surface area contributed by atoms with Crippen molar-refractivity contribution in [3.05, 3.63) is 15.8 Å². The Labute approximate surface area is 126 Å². The van der Waals surface area contributed by atoms with E-state index in [4.69, 9.17) is 0 Å². The van der Waals surface area contributed by atoms with Crippen molar-refractivity contribution in [1.29, 1.82) is 0 Å². The molecule has 21 heavy (non-hydrogen) atoms. The zero-order chi connectivity index (χ0) is 15.6. The summed E-state index contributed by atoms with van der Waals surface area (Å²) in [6, 6.07) is -0.377. The molecule has 9 heteroatoms. The van der Waals surface area contributed by atoms with Crippen molar-refractivity contribution >= 4 is 33.2 Å². The maximum absolute atomic E-state index is 12.5. The number of piperidine rings is 1. The Morgan fingerprint density at radius 2 is 2.24 bits per heavy atom. The minimum atomic E-state index is -3.84. The zero-order valence-electron chi connectivity index (χ0n) is 11.6. The molecule has 7 nitrogen and oxygen atoms in total. The maximum Gasteiger partial charge on any atom is 0.349 e. The van der Waals surface area contributed by atoms with Crippen molar-refractivity contribution < 1.29 is 22.7 Å². The highest BCUT2D eigenvalue weighted by atomic mass is 32.2. The van der Waals surface area contributed by atoms with Gasteiger partial charge >= 0.3 is 5.97 Å². The number of methoxy groups -OCH3 is 1. The number of rotatable bonds is 4. The molecule has 1 aliphatic heterocycles. The molecular weight excluding hydrogens is 316 g/mol. The Kier molecular flexibility index (Phi) is 4.64. The quantitative estimate of drug-likeness (QED) is 0.777. The molecule has 0 aliphatic carbocycles. The van der Waals surface area contributed by atoms with Gasteiger partial charge in [-0.2, -0.15) is 0 Å². The van der Waals surface area contributed by atoms with E-state index in [9.17, 15) is 18.0 Å². The highest BCUT2D eigenvalue weighted by Gasteiger charge is 2.30. The van der Waals surface area contributed by atoms with Crippen LogP contribution in [-0.2, 0) is 19.6 Å². The number of carbonyl (C=O) groups is 2. The number of sulfonamides is 1. The Morgan fingerprint density at radius 3 is 2.81 bits per heavy atom. The van der Waals surface area contributed by atoms with Gasteiger partial charge in [0.05, 0.1) is 7.11 Å². The second kappa shape index (κ2) is 6.12. The number of amides is 1. The Balaban J connectivity index is 2.25. The van der Waals surface area contributed by atoms with Crippen molar-refractivity contribution in [2.24, 2.45) is 0 Å². The number of aryl methyl sites for hydroxylation is 1. The summed E-state index contributed by atoms with van der Waals surface area (Å²) in [5.74, 6) is -0.766. The van der Waals surface area contributed by atoms with E-state index >= 15 is 0 Å². The molecule has 2 heterocycles. The second-order valence-electron chi connectivity index (χ2n) is 4.73. The first-order valence-electron chi connectivity index (χ1n) is 6.30. The summed E-state index contributed by atoms with van der Waals surface area (Å²) < 4.78 is 32.1. The normalized spacial score (nSPS) is 19.1. The van der Waals surface area contributed by atoms with Gasteiger partial charge in [0.15, 0.2) is 0 Å². The lowest BCUT2D eigenvalue weighted by Gasteiger charge is -2.23. The first-order chi connectivity index (χ1) is 9.85. The predicted molar refractivity (Wildman–Crippen MR) is 76.7 cm³/mol. The third-order valence-electron chi connectivity index (χ3n) is 3.14. The van der Waals surface area contributed by atoms with Crippen molar-refractivity contribution in [2.75, 3.05) is 13.7 Å². The zero-order valence-corrected chi connectivity index (χ0v) is 13.3. The van der Waals surface area contributed by atoms with Gasteiger partial charge in [-0.1, -0.05) is 0 Å². The number of ether oxygens (including phenoxy) is 1. The first-order valence-corrected chi connectivity index (χ1v) is 8.67. The highest BCUT2D eigenvalue weighted by Crippen LogP contribution is 2.27. The monoisotopic (exact) mass is 332 g/mol. The fourth-order valence-electron chi connectivity index (χ4n) is 2.11. The molecule has 1 aromatic rings. The van der Waals surface area contributed by atoms with Crippen LogP contribution in [0.25, 0.3) is 0 Å². The van der Waals surface area contributed by atoms with Crippen LogP contribution in [0, 0.1) is 6.92 Å². The van der Waals surface area contributed by atoms with Gasteiger partial charge in [-0.3, -0.25) is 4.79 Å². The van der Waals surface area contributed by atoms with Crippen molar-refractivity contribution in [3.63, 3.8) is 0 Å². The maximum atomic E-state index is 12.5. The summed E-state index contributed by atoms with van der Waals surface area (Å²) in [7, 11) is -2.64. The standard InChI is InChI=1S/C12H16N2O5S2/c1-7-6-20-10(12(16)19-2)11(7)21(17,18)14-8-3-4-9(15)13-5-8/h6,8,14H,3-5H2,1-2H3,(H,13,15). The molecule has 0 spiro atoms. The fraction of sp³-hybridized carbons (Fsp3) is 0.500. The van der Waals surface area contributed by atoms with E-state index in [1.165, 1.54) is 7.11 Å². The SMILES string of the molecule is COC(=O)c1scc(C)c1S(=O)(=O)NC1CCC(=O)NC1. The molecule has 1 saturated heterocycles. The van der Waals surface area contributed by atoms with Crippen LogP contribution in [0.4, 0.5) is 0 Å². The van der Waals surface area contributed by atoms with Gasteiger partial charge in [0.25, 0.3) is 0 Å². The molecule has 0 radical (unpaired) electrons. The predicted octanol–water partition coefficient (Wildman–Crippen LogP) is 0.400. The number of esters is 1. The Bertz CT molecular complexity index is 655. The van der Waals surface area contributed by atoms with Crippen molar-refractivity contribution in [2.45, 2.75) is 30.7 Å². The molecule has 1 atom stereocenters. The van der Waals surface area contributed by atoms with Gasteiger partial charge in [0.2, 0.25) is 15.9 Å². The summed E-state index contributed by atoms with van der Waals surface area (Å²) >= 11 is 1.03. The van der Waals surface area contributed by atoms with Gasteiger partial charge in [0.1, 0.15) is 9.77 Å². The van der Waals surface area contributed by atoms with Crippen molar-refractivity contribution in [1.82, 2.24) is 10.0 Å². The first kappa shape index (κ1) is 15.9. The topological polar surface area (TPSA) is 102 Å². The number of hydrogen-bond acceptors (Lipinski definition) is 6. The van der Waals surface area contributed by atoms with Crippen LogP contribution in [-0.4, -0.2) is 40.0 Å². The summed E-state index contributed by atoms with van der Waals surface area (Å²) in [6.45, 7) is 1.87. The fourth-order valence-corrected chi connectivity index (χ4v) is 5.09. The lowest BCUT2D eigenvalue weighted by molar-refractivity contribution is -0.122. The van der Waals surface area contributed by atoms with Crippen LogP contribution in [0.2, 0.25) is 0 Å². The van der Waals surface area contributed by atoms with Crippen LogP contribution < -0.4 is 10.0 Å². The van der Waals surface area contributed by atoms with E-state index in [-0.39, 0.29) is 34.7 Å². The molecule has 1 unspecified atom stereocenters. The molecule has 1 fully saturated rings. The average molecular weight is 332 g/mol. The molecule has 116 valence electrons. The van der Waals surface area contributed by atoms with E-state index in [0.29, 0.717) is 12.0 Å². The number of carbonyl (C=O) groups excluding carboxylic acids is 2. The molecule has 0 aromatic carbocycles. The summed E-state index contributed by atoms with van der Waals surface area (Å²) in [5, 5.41) is 4.21. The molecule has 1 aromatic heterocycles. The Morgan fingerprint density at radius 1 is 1.52 bits per heavy atom. The van der Waals surface area contributed by atoms with Gasteiger partial charge in [-0.15, -0.1) is 11.3 Å². The van der Waals surface area contributed by atoms with E-state index in [1.807, 2.05) is 0 Å². The second-order valence-corrected chi connectivity index (χ2v) is 7.26. The molecule has 1 amide bonds. The molecule has 2 rings (SSSR count). The van der Waals surface area contributed by atoms with Gasteiger partial charge < -0.3 is 10.1 Å². The van der Waals surface area contributed by atoms with Crippen molar-refractivity contribution in [3.8, 4) is 0 Å². The smallest absolute Gasteiger partial charge is 0.349 e. The largest absolute Gasteiger partial charge is 0.465 e. The van der Waals surface area contributed by atoms with Crippen LogP contribution in [0.3, 0.4) is 0 Å². The highest BCUT2D eigenvalue weighted by molar-refractivity contribution is 7.89. The summed E-state index contributed by atoms with van der Waals surface area (Å²) in [6.07, 6.45) is 0.710. The molecule has 0 bridgehead atoms. The van der Waals surface area contributed by atoms with E-state index < -0.39 is 16.0 Å². The number of thiophene rings is 1. The minimum Gasteiger partial charge on any atom is -0.465 e.